The second-order valence-corrected chi connectivity index (χ2v) is 8.67. The average molecular weight is 612 g/mol. The van der Waals surface area contributed by atoms with Crippen molar-refractivity contribution >= 4 is 39.9 Å². The van der Waals surface area contributed by atoms with Crippen LogP contribution in [-0.2, 0) is 17.0 Å². The van der Waals surface area contributed by atoms with E-state index in [0.717, 1.165) is 0 Å². The summed E-state index contributed by atoms with van der Waals surface area (Å²) < 4.78 is 29.6. The fourth-order valence-electron chi connectivity index (χ4n) is 4.02. The number of halogens is 4. The highest BCUT2D eigenvalue weighted by molar-refractivity contribution is 6.34. The fraction of sp³-hybridized carbons (Fsp3) is 0.579. The molecular formula is C19H21Cl2FIN7O3. The van der Waals surface area contributed by atoms with Gasteiger partial charge < -0.3 is 33.5 Å². The number of aromatic nitrogens is 6. The summed E-state index contributed by atoms with van der Waals surface area (Å²) >= 11 is 12.0. The number of alkyl halides is 1. The van der Waals surface area contributed by atoms with E-state index >= 15 is 4.39 Å². The van der Waals surface area contributed by atoms with E-state index in [4.69, 9.17) is 32.7 Å². The third-order valence-corrected chi connectivity index (χ3v) is 6.26. The van der Waals surface area contributed by atoms with Gasteiger partial charge in [-0.15, -0.1) is 5.10 Å². The Kier molecular flexibility index (Phi) is 7.36. The number of hydrogen-bond acceptors (Lipinski definition) is 7. The van der Waals surface area contributed by atoms with Crippen molar-refractivity contribution in [3.05, 3.63) is 27.2 Å². The van der Waals surface area contributed by atoms with Crippen molar-refractivity contribution in [2.24, 2.45) is 0 Å². The Morgan fingerprint density at radius 2 is 2.03 bits per heavy atom. The van der Waals surface area contributed by atoms with E-state index in [-0.39, 0.29) is 64.3 Å². The molecule has 0 unspecified atom stereocenters. The number of nitroso groups, excluding NO2 is 1. The van der Waals surface area contributed by atoms with Gasteiger partial charge in [-0.05, 0) is 37.3 Å². The van der Waals surface area contributed by atoms with Crippen LogP contribution in [0.3, 0.4) is 0 Å². The predicted molar refractivity (Wildman–Crippen MR) is 113 cm³/mol. The van der Waals surface area contributed by atoms with Gasteiger partial charge in [-0.1, -0.05) is 11.6 Å². The molecule has 1 saturated heterocycles. The lowest BCUT2D eigenvalue weighted by atomic mass is 10.1. The van der Waals surface area contributed by atoms with Crippen molar-refractivity contribution in [1.82, 2.24) is 29.5 Å². The minimum absolute atomic E-state index is 0. The quantitative estimate of drug-likeness (QED) is 0.209. The SMILES string of the molecule is O=[NH+]c1c(OCCCn2nc(Cl)c3cnc(Cl)nc32)nn(C2CCOCC2)c1C1(F)CC1.[I-]. The molecule has 0 spiro atoms. The first-order chi connectivity index (χ1) is 15.5. The smallest absolute Gasteiger partial charge is 0.340 e. The van der Waals surface area contributed by atoms with E-state index in [2.05, 4.69) is 20.2 Å². The normalized spacial score (nSPS) is 17.7. The highest BCUT2D eigenvalue weighted by atomic mass is 127. The molecular weight excluding hydrogens is 591 g/mol. The van der Waals surface area contributed by atoms with Crippen LogP contribution < -0.4 is 33.9 Å². The van der Waals surface area contributed by atoms with Crippen molar-refractivity contribution in [2.75, 3.05) is 19.8 Å². The molecule has 0 amide bonds. The minimum Gasteiger partial charge on any atom is -1.00 e. The highest BCUT2D eigenvalue weighted by Crippen LogP contribution is 2.53. The molecule has 0 radical (unpaired) electrons. The first kappa shape index (κ1) is 24.5. The maximum atomic E-state index is 15.1. The molecule has 33 heavy (non-hydrogen) atoms. The molecule has 1 aliphatic heterocycles. The molecule has 3 aromatic heterocycles. The molecule has 10 nitrogen and oxygen atoms in total. The molecule has 0 aromatic carbocycles. The monoisotopic (exact) mass is 611 g/mol. The Morgan fingerprint density at radius 1 is 1.27 bits per heavy atom. The number of fused-ring (bicyclic) bond motifs is 1. The van der Waals surface area contributed by atoms with Crippen LogP contribution in [0.15, 0.2) is 6.20 Å². The van der Waals surface area contributed by atoms with Gasteiger partial charge in [0, 0.05) is 42.5 Å². The Labute approximate surface area is 215 Å². The topological polar surface area (TPSA) is 111 Å². The van der Waals surface area contributed by atoms with Crippen LogP contribution in [0.1, 0.15) is 43.8 Å². The molecule has 2 fully saturated rings. The van der Waals surface area contributed by atoms with Crippen LogP contribution in [0.2, 0.25) is 10.4 Å². The summed E-state index contributed by atoms with van der Waals surface area (Å²) in [6, 6.07) is -0.0292. The summed E-state index contributed by atoms with van der Waals surface area (Å²) in [5.74, 6) is 0.110. The standard InChI is InChI=1S/C19H20Cl2FN7O3.HI/c20-15-12-10-23-18(21)24-16(12)28(25-15)6-1-7-32-17-13(27-30)14(19(22)4-5-19)29(26-17)11-2-8-31-9-3-11;/h10-11H,1-9H2;1H. The van der Waals surface area contributed by atoms with E-state index in [9.17, 15) is 4.91 Å². The van der Waals surface area contributed by atoms with Crippen LogP contribution in [-0.4, -0.2) is 49.3 Å². The van der Waals surface area contributed by atoms with E-state index in [1.807, 2.05) is 5.18 Å². The average Bonchev–Trinajstić information content (AvgIpc) is 3.31. The maximum absolute atomic E-state index is 15.1. The fourth-order valence-corrected chi connectivity index (χ4v) is 4.37. The van der Waals surface area contributed by atoms with Gasteiger partial charge in [0.1, 0.15) is 0 Å². The van der Waals surface area contributed by atoms with Crippen LogP contribution in [0.5, 0.6) is 5.88 Å². The Balaban J connectivity index is 0.00000259. The summed E-state index contributed by atoms with van der Waals surface area (Å²) in [4.78, 5) is 19.8. The van der Waals surface area contributed by atoms with Crippen molar-refractivity contribution < 1.29 is 43.0 Å². The molecule has 14 heteroatoms. The van der Waals surface area contributed by atoms with Gasteiger partial charge in [-0.2, -0.15) is 10.1 Å². The minimum atomic E-state index is -1.54. The number of aryl methyl sites for hydroxylation is 1. The molecule has 1 N–H and O–H groups in total. The molecule has 2 aliphatic rings. The van der Waals surface area contributed by atoms with Crippen molar-refractivity contribution in [3.8, 4) is 5.88 Å². The highest BCUT2D eigenvalue weighted by Gasteiger charge is 2.54. The van der Waals surface area contributed by atoms with Crippen molar-refractivity contribution in [2.45, 2.75) is 50.4 Å². The summed E-state index contributed by atoms with van der Waals surface area (Å²) in [5, 5.41) is 11.6. The van der Waals surface area contributed by atoms with Gasteiger partial charge in [0.05, 0.1) is 18.0 Å². The van der Waals surface area contributed by atoms with Crippen LogP contribution in [0.25, 0.3) is 11.0 Å². The summed E-state index contributed by atoms with van der Waals surface area (Å²) in [7, 11) is 0. The zero-order valence-electron chi connectivity index (χ0n) is 17.4. The maximum Gasteiger partial charge on any atom is 0.340 e. The number of rotatable bonds is 8. The third-order valence-electron chi connectivity index (χ3n) is 5.80. The van der Waals surface area contributed by atoms with E-state index in [1.165, 1.54) is 6.20 Å². The lowest BCUT2D eigenvalue weighted by molar-refractivity contribution is -0.382. The van der Waals surface area contributed by atoms with Gasteiger partial charge in [-0.3, -0.25) is 4.68 Å². The summed E-state index contributed by atoms with van der Waals surface area (Å²) in [6.45, 7) is 1.83. The van der Waals surface area contributed by atoms with E-state index in [0.29, 0.717) is 62.9 Å². The molecule has 1 aliphatic carbocycles. The Morgan fingerprint density at radius 3 is 2.73 bits per heavy atom. The number of hydrogen-bond donors (Lipinski definition) is 1. The largest absolute Gasteiger partial charge is 1.00 e. The van der Waals surface area contributed by atoms with Crippen LogP contribution >= 0.6 is 23.2 Å². The summed E-state index contributed by atoms with van der Waals surface area (Å²) in [5.41, 5.74) is -0.658. The molecule has 0 bridgehead atoms. The first-order valence-corrected chi connectivity index (χ1v) is 11.2. The predicted octanol–water partition coefficient (Wildman–Crippen LogP) is -0.409. The van der Waals surface area contributed by atoms with Gasteiger partial charge in [0.25, 0.3) is 0 Å². The van der Waals surface area contributed by atoms with Crippen molar-refractivity contribution in [1.29, 1.82) is 0 Å². The van der Waals surface area contributed by atoms with Gasteiger partial charge in [0.15, 0.2) is 22.2 Å². The number of ether oxygens (including phenoxy) is 2. The third kappa shape index (κ3) is 4.80. The molecule has 4 heterocycles. The van der Waals surface area contributed by atoms with E-state index in [1.54, 1.807) is 9.36 Å². The summed E-state index contributed by atoms with van der Waals surface area (Å²) in [6.07, 6.45) is 4.20. The van der Waals surface area contributed by atoms with Crippen LogP contribution in [0, 0.1) is 4.91 Å². The second kappa shape index (κ2) is 9.92. The van der Waals surface area contributed by atoms with E-state index < -0.39 is 5.67 Å². The molecule has 1 saturated carbocycles. The van der Waals surface area contributed by atoms with Gasteiger partial charge in [-0.25, -0.2) is 14.1 Å². The Bertz CT molecular complexity index is 1160. The Hall–Kier alpha value is -1.64. The molecule has 178 valence electrons. The first-order valence-electron chi connectivity index (χ1n) is 10.5. The number of nitrogens with one attached hydrogen (secondary N) is 1. The number of nitrogens with zero attached hydrogens (tertiary/aromatic N) is 6. The molecule has 0 atom stereocenters. The molecule has 3 aromatic rings. The van der Waals surface area contributed by atoms with Gasteiger partial charge >= 0.3 is 11.6 Å². The molecule has 5 rings (SSSR count). The van der Waals surface area contributed by atoms with Crippen molar-refractivity contribution in [3.63, 3.8) is 0 Å². The lowest BCUT2D eigenvalue weighted by Gasteiger charge is -2.24. The zero-order valence-corrected chi connectivity index (χ0v) is 21.1. The zero-order chi connectivity index (χ0) is 22.3. The van der Waals surface area contributed by atoms with Gasteiger partial charge in [0.2, 0.25) is 5.28 Å². The second-order valence-electron chi connectivity index (χ2n) is 7.98. The van der Waals surface area contributed by atoms with Crippen LogP contribution in [0.4, 0.5) is 10.1 Å². The lowest BCUT2D eigenvalue weighted by Crippen LogP contribution is -3.00.